The quantitative estimate of drug-likeness (QED) is 0.516. The van der Waals surface area contributed by atoms with Crippen molar-refractivity contribution in [1.29, 1.82) is 0 Å². The van der Waals surface area contributed by atoms with Gasteiger partial charge in [0.2, 0.25) is 0 Å². The lowest BCUT2D eigenvalue weighted by molar-refractivity contribution is -0.139. The number of benzene rings is 2. The third-order valence-electron chi connectivity index (χ3n) is 5.01. The van der Waals surface area contributed by atoms with Crippen LogP contribution in [0.5, 0.6) is 0 Å². The lowest BCUT2D eigenvalue weighted by atomic mass is 9.98. The minimum absolute atomic E-state index is 0.0745. The van der Waals surface area contributed by atoms with Gasteiger partial charge in [-0.25, -0.2) is 9.59 Å². The molecule has 0 radical (unpaired) electrons. The van der Waals surface area contributed by atoms with Gasteiger partial charge in [0, 0.05) is 20.1 Å². The number of ether oxygens (including phenoxy) is 1. The van der Waals surface area contributed by atoms with Crippen LogP contribution in [0.4, 0.5) is 4.79 Å². The van der Waals surface area contributed by atoms with Gasteiger partial charge in [-0.05, 0) is 51.2 Å². The summed E-state index contributed by atoms with van der Waals surface area (Å²) < 4.78 is 6.28. The normalized spacial score (nSPS) is 13.4. The summed E-state index contributed by atoms with van der Waals surface area (Å²) in [6, 6.07) is 16.7. The molecular formula is C22H18BrNO4S. The molecule has 5 nitrogen and oxygen atoms in total. The summed E-state index contributed by atoms with van der Waals surface area (Å²) in [6.45, 7) is 2.02. The number of carboxylic acids is 1. The Labute approximate surface area is 180 Å². The van der Waals surface area contributed by atoms with Crippen molar-refractivity contribution >= 4 is 39.3 Å². The number of aryl methyl sites for hydroxylation is 1. The highest BCUT2D eigenvalue weighted by Crippen LogP contribution is 2.44. The molecule has 1 aliphatic carbocycles. The van der Waals surface area contributed by atoms with Crippen LogP contribution in [-0.2, 0) is 9.53 Å². The third kappa shape index (κ3) is 3.80. The van der Waals surface area contributed by atoms with Crippen molar-refractivity contribution in [3.8, 4) is 11.1 Å². The Hall–Kier alpha value is -2.64. The van der Waals surface area contributed by atoms with E-state index >= 15 is 0 Å². The van der Waals surface area contributed by atoms with E-state index in [2.05, 4.69) is 33.4 Å². The molecule has 0 fully saturated rings. The topological polar surface area (TPSA) is 75.6 Å². The van der Waals surface area contributed by atoms with Gasteiger partial charge in [-0.1, -0.05) is 48.5 Å². The Bertz CT molecular complexity index is 1030. The SMILES string of the molecule is Cc1sc(C(NC(=O)OCC2c3ccccc3-c3ccccc32)C(=O)O)cc1Br. The smallest absolute Gasteiger partial charge is 0.408 e. The first-order chi connectivity index (χ1) is 14.0. The van der Waals surface area contributed by atoms with E-state index in [1.807, 2.05) is 43.3 Å². The number of amides is 1. The summed E-state index contributed by atoms with van der Waals surface area (Å²) in [7, 11) is 0. The summed E-state index contributed by atoms with van der Waals surface area (Å²) in [5.74, 6) is -1.21. The van der Waals surface area contributed by atoms with E-state index in [9.17, 15) is 14.7 Å². The molecule has 0 saturated carbocycles. The van der Waals surface area contributed by atoms with Crippen molar-refractivity contribution in [2.75, 3.05) is 6.61 Å². The molecule has 3 aromatic rings. The van der Waals surface area contributed by atoms with Gasteiger partial charge in [-0.15, -0.1) is 11.3 Å². The van der Waals surface area contributed by atoms with Crippen molar-refractivity contribution in [2.45, 2.75) is 18.9 Å². The summed E-state index contributed by atoms with van der Waals surface area (Å²) in [5.41, 5.74) is 4.49. The average Bonchev–Trinajstić information content (AvgIpc) is 3.21. The van der Waals surface area contributed by atoms with E-state index < -0.39 is 18.1 Å². The lowest BCUT2D eigenvalue weighted by Gasteiger charge is -2.17. The molecule has 2 N–H and O–H groups in total. The monoisotopic (exact) mass is 471 g/mol. The van der Waals surface area contributed by atoms with Crippen molar-refractivity contribution < 1.29 is 19.4 Å². The van der Waals surface area contributed by atoms with Crippen LogP contribution in [0, 0.1) is 6.92 Å². The molecule has 1 atom stereocenters. The highest BCUT2D eigenvalue weighted by Gasteiger charge is 2.30. The molecule has 0 aliphatic heterocycles. The predicted octanol–water partition coefficient (Wildman–Crippen LogP) is 5.48. The number of aliphatic carboxylic acids is 1. The van der Waals surface area contributed by atoms with E-state index in [4.69, 9.17) is 4.74 Å². The fraction of sp³-hybridized carbons (Fsp3) is 0.182. The fourth-order valence-corrected chi connectivity index (χ4v) is 5.24. The first-order valence-corrected chi connectivity index (χ1v) is 10.7. The van der Waals surface area contributed by atoms with Gasteiger partial charge in [0.05, 0.1) is 0 Å². The number of carbonyl (C=O) groups excluding carboxylic acids is 1. The van der Waals surface area contributed by atoms with E-state index in [1.165, 1.54) is 11.3 Å². The van der Waals surface area contributed by atoms with Gasteiger partial charge in [0.1, 0.15) is 6.61 Å². The molecule has 1 amide bonds. The van der Waals surface area contributed by atoms with Crippen LogP contribution < -0.4 is 5.32 Å². The Balaban J connectivity index is 1.49. The number of hydrogen-bond donors (Lipinski definition) is 2. The summed E-state index contributed by atoms with van der Waals surface area (Å²) in [4.78, 5) is 25.5. The first-order valence-electron chi connectivity index (χ1n) is 9.06. The maximum Gasteiger partial charge on any atom is 0.408 e. The molecule has 2 aromatic carbocycles. The number of carboxylic acid groups (broad SMARTS) is 1. The molecule has 7 heteroatoms. The summed E-state index contributed by atoms with van der Waals surface area (Å²) >= 11 is 4.70. The first kappa shape index (κ1) is 19.7. The average molecular weight is 472 g/mol. The highest BCUT2D eigenvalue weighted by atomic mass is 79.9. The molecule has 29 heavy (non-hydrogen) atoms. The molecule has 1 unspecified atom stereocenters. The molecule has 0 saturated heterocycles. The number of thiophene rings is 1. The second kappa shape index (κ2) is 8.00. The van der Waals surface area contributed by atoms with Gasteiger partial charge in [-0.2, -0.15) is 0 Å². The third-order valence-corrected chi connectivity index (χ3v) is 7.22. The number of rotatable bonds is 5. The highest BCUT2D eigenvalue weighted by molar-refractivity contribution is 9.10. The van der Waals surface area contributed by atoms with Gasteiger partial charge in [-0.3, -0.25) is 0 Å². The van der Waals surface area contributed by atoms with Crippen LogP contribution in [0.15, 0.2) is 59.1 Å². The second-order valence-corrected chi connectivity index (χ2v) is 8.94. The maximum absolute atomic E-state index is 12.4. The molecular weight excluding hydrogens is 454 g/mol. The summed E-state index contributed by atoms with van der Waals surface area (Å²) in [5, 5.41) is 12.0. The Morgan fingerprint density at radius 3 is 2.24 bits per heavy atom. The summed E-state index contributed by atoms with van der Waals surface area (Å²) in [6.07, 6.45) is -0.749. The number of alkyl carbamates (subject to hydrolysis) is 1. The van der Waals surface area contributed by atoms with Gasteiger partial charge in [0.25, 0.3) is 0 Å². The number of nitrogens with one attached hydrogen (secondary N) is 1. The molecule has 148 valence electrons. The number of carbonyl (C=O) groups is 2. The minimum atomic E-state index is -1.15. The number of halogens is 1. The Kier molecular flexibility index (Phi) is 5.43. The lowest BCUT2D eigenvalue weighted by Crippen LogP contribution is -2.34. The fourth-order valence-electron chi connectivity index (χ4n) is 3.64. The Morgan fingerprint density at radius 1 is 1.14 bits per heavy atom. The molecule has 1 heterocycles. The van der Waals surface area contributed by atoms with Crippen molar-refractivity contribution in [3.05, 3.63) is 80.0 Å². The number of fused-ring (bicyclic) bond motifs is 3. The van der Waals surface area contributed by atoms with Crippen LogP contribution >= 0.6 is 27.3 Å². The molecule has 1 aliphatic rings. The second-order valence-electron chi connectivity index (χ2n) is 6.79. The van der Waals surface area contributed by atoms with E-state index in [-0.39, 0.29) is 12.5 Å². The van der Waals surface area contributed by atoms with Crippen LogP contribution in [0.3, 0.4) is 0 Å². The van der Waals surface area contributed by atoms with Gasteiger partial charge in [0.15, 0.2) is 6.04 Å². The van der Waals surface area contributed by atoms with E-state index in [1.54, 1.807) is 6.07 Å². The van der Waals surface area contributed by atoms with Crippen molar-refractivity contribution in [2.24, 2.45) is 0 Å². The molecule has 0 spiro atoms. The standard InChI is InChI=1S/C22H18BrNO4S/c1-12-18(23)10-19(29-12)20(21(25)26)24-22(27)28-11-17-15-8-4-2-6-13(15)14-7-3-5-9-16(14)17/h2-10,17,20H,11H2,1H3,(H,24,27)(H,25,26). The van der Waals surface area contributed by atoms with Gasteiger partial charge < -0.3 is 15.2 Å². The zero-order chi connectivity index (χ0) is 20.5. The van der Waals surface area contributed by atoms with Crippen LogP contribution in [0.25, 0.3) is 11.1 Å². The molecule has 1 aromatic heterocycles. The van der Waals surface area contributed by atoms with Crippen LogP contribution in [-0.4, -0.2) is 23.8 Å². The molecule has 4 rings (SSSR count). The molecule has 0 bridgehead atoms. The number of hydrogen-bond acceptors (Lipinski definition) is 4. The van der Waals surface area contributed by atoms with Crippen LogP contribution in [0.2, 0.25) is 0 Å². The van der Waals surface area contributed by atoms with Crippen molar-refractivity contribution in [3.63, 3.8) is 0 Å². The maximum atomic E-state index is 12.4. The zero-order valence-electron chi connectivity index (χ0n) is 15.5. The minimum Gasteiger partial charge on any atom is -0.479 e. The predicted molar refractivity (Wildman–Crippen MR) is 115 cm³/mol. The van der Waals surface area contributed by atoms with Gasteiger partial charge >= 0.3 is 12.1 Å². The van der Waals surface area contributed by atoms with E-state index in [0.29, 0.717) is 4.88 Å². The largest absolute Gasteiger partial charge is 0.479 e. The van der Waals surface area contributed by atoms with Crippen molar-refractivity contribution in [1.82, 2.24) is 5.32 Å². The Morgan fingerprint density at radius 2 is 1.72 bits per heavy atom. The van der Waals surface area contributed by atoms with E-state index in [0.717, 1.165) is 31.6 Å². The zero-order valence-corrected chi connectivity index (χ0v) is 17.9. The van der Waals surface area contributed by atoms with Crippen LogP contribution in [0.1, 0.15) is 32.8 Å².